The molecule has 0 radical (unpaired) electrons. The Labute approximate surface area is 101 Å². The van der Waals surface area contributed by atoms with Gasteiger partial charge in [-0.1, -0.05) is 26.3 Å². The molecule has 96 valence electrons. The zero-order valence-electron chi connectivity index (χ0n) is 10.3. The van der Waals surface area contributed by atoms with Crippen molar-refractivity contribution in [3.63, 3.8) is 0 Å². The molecule has 0 aliphatic heterocycles. The summed E-state index contributed by atoms with van der Waals surface area (Å²) in [6.45, 7) is 5.15. The quantitative estimate of drug-likeness (QED) is 0.794. The summed E-state index contributed by atoms with van der Waals surface area (Å²) in [7, 11) is 0. The van der Waals surface area contributed by atoms with Crippen molar-refractivity contribution >= 4 is 0 Å². The molecule has 0 aliphatic carbocycles. The normalized spacial score (nSPS) is 12.5. The minimum absolute atomic E-state index is 0.129. The smallest absolute Gasteiger partial charge is 0.190 e. The van der Waals surface area contributed by atoms with E-state index >= 15 is 0 Å². The fourth-order valence-electron chi connectivity index (χ4n) is 1.69. The van der Waals surface area contributed by atoms with E-state index in [0.717, 1.165) is 19.4 Å². The van der Waals surface area contributed by atoms with E-state index in [-0.39, 0.29) is 18.4 Å². The molecule has 1 rings (SSSR count). The van der Waals surface area contributed by atoms with Gasteiger partial charge in [0.1, 0.15) is 6.61 Å². The molecule has 0 bridgehead atoms. The van der Waals surface area contributed by atoms with Gasteiger partial charge in [-0.15, -0.1) is 0 Å². The van der Waals surface area contributed by atoms with Gasteiger partial charge in [0.2, 0.25) is 0 Å². The third-order valence-electron chi connectivity index (χ3n) is 2.48. The van der Waals surface area contributed by atoms with Gasteiger partial charge >= 0.3 is 0 Å². The van der Waals surface area contributed by atoms with E-state index in [0.29, 0.717) is 0 Å². The molecular formula is C13H19F2NO. The standard InChI is InChI=1S/C13H19F2NO/c1-3-6-10(16-4-2)9-17-13-11(14)7-5-8-12(13)15/h5,7-8,10,16H,3-4,6,9H2,1-2H3. The van der Waals surface area contributed by atoms with Crippen molar-refractivity contribution in [2.45, 2.75) is 32.7 Å². The van der Waals surface area contributed by atoms with Crippen LogP contribution in [0.4, 0.5) is 8.78 Å². The largest absolute Gasteiger partial charge is 0.486 e. The number of ether oxygens (including phenoxy) is 1. The molecular weight excluding hydrogens is 224 g/mol. The van der Waals surface area contributed by atoms with E-state index in [1.165, 1.54) is 18.2 Å². The highest BCUT2D eigenvalue weighted by Gasteiger charge is 2.12. The van der Waals surface area contributed by atoms with Crippen molar-refractivity contribution in [1.82, 2.24) is 5.32 Å². The maximum atomic E-state index is 13.3. The third-order valence-corrected chi connectivity index (χ3v) is 2.48. The van der Waals surface area contributed by atoms with Gasteiger partial charge in [0.05, 0.1) is 0 Å². The first-order valence-electron chi connectivity index (χ1n) is 5.99. The lowest BCUT2D eigenvalue weighted by atomic mass is 10.2. The van der Waals surface area contributed by atoms with Crippen LogP contribution in [0.1, 0.15) is 26.7 Å². The Bertz CT molecular complexity index is 318. The fraction of sp³-hybridized carbons (Fsp3) is 0.538. The maximum Gasteiger partial charge on any atom is 0.190 e. The molecule has 0 saturated carbocycles. The molecule has 0 spiro atoms. The summed E-state index contributed by atoms with van der Waals surface area (Å²) in [5.74, 6) is -1.60. The molecule has 0 saturated heterocycles. The number of nitrogens with one attached hydrogen (secondary N) is 1. The van der Waals surface area contributed by atoms with Crippen molar-refractivity contribution in [2.75, 3.05) is 13.2 Å². The highest BCUT2D eigenvalue weighted by Crippen LogP contribution is 2.21. The second-order valence-electron chi connectivity index (χ2n) is 3.91. The summed E-state index contributed by atoms with van der Waals surface area (Å²) >= 11 is 0. The Morgan fingerprint density at radius 3 is 2.41 bits per heavy atom. The number of benzene rings is 1. The molecule has 4 heteroatoms. The first-order valence-corrected chi connectivity index (χ1v) is 5.99. The van der Waals surface area contributed by atoms with Crippen LogP contribution in [-0.4, -0.2) is 19.2 Å². The predicted octanol–water partition coefficient (Wildman–Crippen LogP) is 3.12. The van der Waals surface area contributed by atoms with Gasteiger partial charge in [-0.25, -0.2) is 8.78 Å². The fourth-order valence-corrected chi connectivity index (χ4v) is 1.69. The highest BCUT2D eigenvalue weighted by atomic mass is 19.1. The van der Waals surface area contributed by atoms with E-state index in [1.807, 2.05) is 6.92 Å². The van der Waals surface area contributed by atoms with Gasteiger partial charge in [-0.3, -0.25) is 0 Å². The van der Waals surface area contributed by atoms with Crippen LogP contribution in [0.15, 0.2) is 18.2 Å². The molecule has 0 amide bonds. The van der Waals surface area contributed by atoms with Gasteiger partial charge in [-0.05, 0) is 25.1 Å². The molecule has 2 nitrogen and oxygen atoms in total. The molecule has 17 heavy (non-hydrogen) atoms. The van der Waals surface area contributed by atoms with E-state index in [2.05, 4.69) is 12.2 Å². The number of hydrogen-bond donors (Lipinski definition) is 1. The van der Waals surface area contributed by atoms with Crippen molar-refractivity contribution in [2.24, 2.45) is 0 Å². The van der Waals surface area contributed by atoms with Gasteiger partial charge in [0.25, 0.3) is 0 Å². The van der Waals surface area contributed by atoms with Crippen LogP contribution in [0.5, 0.6) is 5.75 Å². The summed E-state index contributed by atoms with van der Waals surface area (Å²) in [4.78, 5) is 0. The molecule has 1 aromatic carbocycles. The van der Waals surface area contributed by atoms with Gasteiger partial charge in [0.15, 0.2) is 17.4 Å². The zero-order chi connectivity index (χ0) is 12.7. The Morgan fingerprint density at radius 2 is 1.88 bits per heavy atom. The Morgan fingerprint density at radius 1 is 1.24 bits per heavy atom. The minimum atomic E-state index is -0.656. The summed E-state index contributed by atoms with van der Waals surface area (Å²) < 4.78 is 31.8. The second kappa shape index (κ2) is 7.22. The predicted molar refractivity (Wildman–Crippen MR) is 64.2 cm³/mol. The maximum absolute atomic E-state index is 13.3. The van der Waals surface area contributed by atoms with Gasteiger partial charge in [-0.2, -0.15) is 0 Å². The highest BCUT2D eigenvalue weighted by molar-refractivity contribution is 5.26. The van der Waals surface area contributed by atoms with E-state index < -0.39 is 11.6 Å². The van der Waals surface area contributed by atoms with Gasteiger partial charge in [0, 0.05) is 6.04 Å². The summed E-state index contributed by atoms with van der Waals surface area (Å²) in [5.41, 5.74) is 0. The average molecular weight is 243 g/mol. The lowest BCUT2D eigenvalue weighted by molar-refractivity contribution is 0.237. The molecule has 0 heterocycles. The summed E-state index contributed by atoms with van der Waals surface area (Å²) in [6, 6.07) is 3.84. The molecule has 1 atom stereocenters. The first kappa shape index (κ1) is 13.9. The number of hydrogen-bond acceptors (Lipinski definition) is 2. The van der Waals surface area contributed by atoms with E-state index in [1.54, 1.807) is 0 Å². The van der Waals surface area contributed by atoms with Crippen LogP contribution in [0.3, 0.4) is 0 Å². The topological polar surface area (TPSA) is 21.3 Å². The van der Waals surface area contributed by atoms with Crippen LogP contribution in [0, 0.1) is 11.6 Å². The zero-order valence-corrected chi connectivity index (χ0v) is 10.3. The Kier molecular flexibility index (Phi) is 5.91. The van der Waals surface area contributed by atoms with Crippen molar-refractivity contribution in [3.05, 3.63) is 29.8 Å². The lowest BCUT2D eigenvalue weighted by Gasteiger charge is -2.18. The second-order valence-corrected chi connectivity index (χ2v) is 3.91. The van der Waals surface area contributed by atoms with Crippen molar-refractivity contribution in [1.29, 1.82) is 0 Å². The van der Waals surface area contributed by atoms with Gasteiger partial charge < -0.3 is 10.1 Å². The molecule has 0 fully saturated rings. The molecule has 0 aromatic heterocycles. The number of halogens is 2. The Balaban J connectivity index is 2.58. The van der Waals surface area contributed by atoms with E-state index in [9.17, 15) is 8.78 Å². The monoisotopic (exact) mass is 243 g/mol. The average Bonchev–Trinajstić information content (AvgIpc) is 2.29. The van der Waals surface area contributed by atoms with Crippen LogP contribution < -0.4 is 10.1 Å². The molecule has 1 aromatic rings. The summed E-state index contributed by atoms with van der Waals surface area (Å²) in [5, 5.41) is 3.22. The van der Waals surface area contributed by atoms with Crippen molar-refractivity contribution < 1.29 is 13.5 Å². The van der Waals surface area contributed by atoms with Crippen LogP contribution in [0.25, 0.3) is 0 Å². The first-order chi connectivity index (χ1) is 8.19. The molecule has 1 N–H and O–H groups in total. The molecule has 1 unspecified atom stereocenters. The minimum Gasteiger partial charge on any atom is -0.486 e. The van der Waals surface area contributed by atoms with Crippen molar-refractivity contribution in [3.8, 4) is 5.75 Å². The lowest BCUT2D eigenvalue weighted by Crippen LogP contribution is -2.34. The molecule has 0 aliphatic rings. The van der Waals surface area contributed by atoms with Crippen LogP contribution in [-0.2, 0) is 0 Å². The SMILES string of the molecule is CCCC(COc1c(F)cccc1F)NCC. The van der Waals surface area contributed by atoms with E-state index in [4.69, 9.17) is 4.74 Å². The summed E-state index contributed by atoms with van der Waals surface area (Å²) in [6.07, 6.45) is 1.92. The third kappa shape index (κ3) is 4.30. The van der Waals surface area contributed by atoms with Crippen LogP contribution >= 0.6 is 0 Å². The van der Waals surface area contributed by atoms with Crippen LogP contribution in [0.2, 0.25) is 0 Å². The number of likely N-dealkylation sites (N-methyl/N-ethyl adjacent to an activating group) is 1. The number of para-hydroxylation sites is 1. The number of rotatable bonds is 7. The Hall–Kier alpha value is -1.16.